The number of hydrogen-bond acceptors (Lipinski definition) is 5. The van der Waals surface area contributed by atoms with Gasteiger partial charge in [0.05, 0.1) is 39.6 Å². The largest absolute Gasteiger partial charge is 0.394 e. The quantitative estimate of drug-likeness (QED) is 0.549. The van der Waals surface area contributed by atoms with Gasteiger partial charge in [-0.15, -0.1) is 0 Å². The van der Waals surface area contributed by atoms with Crippen LogP contribution < -0.4 is 0 Å². The molecule has 0 rings (SSSR count). The molecule has 2 unspecified atom stereocenters. The first-order chi connectivity index (χ1) is 7.20. The Morgan fingerprint density at radius 3 is 1.60 bits per heavy atom. The van der Waals surface area contributed by atoms with E-state index < -0.39 is 11.1 Å². The van der Waals surface area contributed by atoms with Gasteiger partial charge in [-0.3, -0.25) is 0 Å². The van der Waals surface area contributed by atoms with Gasteiger partial charge in [-0.1, -0.05) is 23.2 Å². The van der Waals surface area contributed by atoms with E-state index in [1.807, 2.05) is 0 Å². The zero-order chi connectivity index (χ0) is 11.5. The topological polar surface area (TPSA) is 68.2 Å². The highest BCUT2D eigenvalue weighted by molar-refractivity contribution is 6.20. The van der Waals surface area contributed by atoms with Crippen molar-refractivity contribution in [3.8, 4) is 0 Å². The fourth-order valence-corrected chi connectivity index (χ4v) is 1.07. The van der Waals surface area contributed by atoms with Crippen molar-refractivity contribution in [2.75, 3.05) is 39.6 Å². The van der Waals surface area contributed by atoms with Gasteiger partial charge in [0.25, 0.3) is 0 Å². The summed E-state index contributed by atoms with van der Waals surface area (Å²) in [5, 5.41) is 16.9. The van der Waals surface area contributed by atoms with Crippen molar-refractivity contribution in [2.45, 2.75) is 11.1 Å². The molecule has 0 spiro atoms. The third-order valence-corrected chi connectivity index (χ3v) is 1.78. The van der Waals surface area contributed by atoms with Crippen molar-refractivity contribution in [1.82, 2.24) is 0 Å². The molecule has 15 heavy (non-hydrogen) atoms. The van der Waals surface area contributed by atoms with Crippen LogP contribution in [-0.4, -0.2) is 61.0 Å². The standard InChI is InChI=1S/C8H16Cl2O5/c9-7(14-3-1-11)5-13-6-8(10)15-4-2-12/h7-8,11-12H,1-6H2. The molecular formula is C8H16Cl2O5. The van der Waals surface area contributed by atoms with E-state index in [-0.39, 0.29) is 39.6 Å². The molecule has 0 amide bonds. The van der Waals surface area contributed by atoms with Crippen molar-refractivity contribution in [3.05, 3.63) is 0 Å². The van der Waals surface area contributed by atoms with E-state index in [2.05, 4.69) is 0 Å². The minimum Gasteiger partial charge on any atom is -0.394 e. The van der Waals surface area contributed by atoms with Crippen LogP contribution >= 0.6 is 23.2 Å². The Morgan fingerprint density at radius 2 is 1.27 bits per heavy atom. The van der Waals surface area contributed by atoms with Crippen LogP contribution in [0.4, 0.5) is 0 Å². The third-order valence-electron chi connectivity index (χ3n) is 1.28. The van der Waals surface area contributed by atoms with E-state index in [4.69, 9.17) is 47.6 Å². The van der Waals surface area contributed by atoms with Crippen molar-refractivity contribution in [3.63, 3.8) is 0 Å². The monoisotopic (exact) mass is 262 g/mol. The van der Waals surface area contributed by atoms with Gasteiger partial charge in [-0.05, 0) is 0 Å². The second kappa shape index (κ2) is 10.9. The molecule has 7 heteroatoms. The number of aliphatic hydroxyl groups is 2. The minimum absolute atomic E-state index is 0.0824. The van der Waals surface area contributed by atoms with Crippen LogP contribution in [0.3, 0.4) is 0 Å². The van der Waals surface area contributed by atoms with Crippen LogP contribution in [0.25, 0.3) is 0 Å². The van der Waals surface area contributed by atoms with E-state index >= 15 is 0 Å². The number of ether oxygens (including phenoxy) is 3. The third kappa shape index (κ3) is 10.7. The average molecular weight is 263 g/mol. The highest BCUT2D eigenvalue weighted by atomic mass is 35.5. The number of aliphatic hydroxyl groups excluding tert-OH is 2. The second-order valence-electron chi connectivity index (χ2n) is 2.55. The fraction of sp³-hybridized carbons (Fsp3) is 1.00. The van der Waals surface area contributed by atoms with E-state index in [1.165, 1.54) is 0 Å². The maximum absolute atomic E-state index is 8.44. The molecule has 0 saturated carbocycles. The average Bonchev–Trinajstić information content (AvgIpc) is 2.23. The van der Waals surface area contributed by atoms with E-state index in [9.17, 15) is 0 Å². The Labute approximate surface area is 98.8 Å². The summed E-state index contributed by atoms with van der Waals surface area (Å²) in [6, 6.07) is 0. The summed E-state index contributed by atoms with van der Waals surface area (Å²) in [5.74, 6) is 0. The van der Waals surface area contributed by atoms with Gasteiger partial charge in [0.15, 0.2) is 11.1 Å². The number of rotatable bonds is 10. The molecule has 0 aliphatic carbocycles. The molecule has 0 aromatic carbocycles. The summed E-state index contributed by atoms with van der Waals surface area (Å²) in [6.45, 7) is 0.494. The molecule has 5 nitrogen and oxygen atoms in total. The van der Waals surface area contributed by atoms with Crippen LogP contribution in [-0.2, 0) is 14.2 Å². The molecule has 0 aliphatic heterocycles. The molecule has 2 atom stereocenters. The lowest BCUT2D eigenvalue weighted by atomic mass is 10.7. The van der Waals surface area contributed by atoms with Gasteiger partial charge in [-0.2, -0.15) is 0 Å². The molecule has 0 aromatic heterocycles. The van der Waals surface area contributed by atoms with Crippen LogP contribution in [0.2, 0.25) is 0 Å². The Hall–Kier alpha value is 0.380. The highest BCUT2D eigenvalue weighted by Gasteiger charge is 2.08. The maximum Gasteiger partial charge on any atom is 0.154 e. The van der Waals surface area contributed by atoms with Crippen molar-refractivity contribution in [1.29, 1.82) is 0 Å². The van der Waals surface area contributed by atoms with Gasteiger partial charge in [0, 0.05) is 0 Å². The minimum atomic E-state index is -0.612. The van der Waals surface area contributed by atoms with Crippen LogP contribution in [0, 0.1) is 0 Å². The lowest BCUT2D eigenvalue weighted by Gasteiger charge is -2.13. The molecule has 0 radical (unpaired) electrons. The zero-order valence-corrected chi connectivity index (χ0v) is 9.78. The first-order valence-electron chi connectivity index (χ1n) is 4.51. The number of alkyl halides is 2. The molecule has 0 heterocycles. The van der Waals surface area contributed by atoms with Gasteiger partial charge >= 0.3 is 0 Å². The second-order valence-corrected chi connectivity index (χ2v) is 3.52. The number of halogens is 2. The Bertz CT molecular complexity index is 124. The Morgan fingerprint density at radius 1 is 0.867 bits per heavy atom. The smallest absolute Gasteiger partial charge is 0.154 e. The molecule has 2 N–H and O–H groups in total. The fourth-order valence-electron chi connectivity index (χ4n) is 0.711. The lowest BCUT2D eigenvalue weighted by Crippen LogP contribution is -2.21. The van der Waals surface area contributed by atoms with Gasteiger partial charge in [0.2, 0.25) is 0 Å². The maximum atomic E-state index is 8.44. The van der Waals surface area contributed by atoms with Crippen molar-refractivity contribution >= 4 is 23.2 Å². The van der Waals surface area contributed by atoms with E-state index in [1.54, 1.807) is 0 Å². The Balaban J connectivity index is 3.27. The summed E-state index contributed by atoms with van der Waals surface area (Å²) in [6.07, 6.45) is 0. The van der Waals surface area contributed by atoms with Crippen LogP contribution in [0.15, 0.2) is 0 Å². The highest BCUT2D eigenvalue weighted by Crippen LogP contribution is 2.03. The molecule has 0 aromatic rings. The molecule has 92 valence electrons. The predicted molar refractivity (Wildman–Crippen MR) is 56.2 cm³/mol. The first-order valence-corrected chi connectivity index (χ1v) is 5.38. The normalized spacial score (nSPS) is 15.2. The summed E-state index contributed by atoms with van der Waals surface area (Å²) in [5.41, 5.74) is -1.22. The van der Waals surface area contributed by atoms with Crippen molar-refractivity contribution < 1.29 is 24.4 Å². The predicted octanol–water partition coefficient (Wildman–Crippen LogP) is 0.151. The Kier molecular flexibility index (Phi) is 11.2. The van der Waals surface area contributed by atoms with Gasteiger partial charge in [-0.25, -0.2) is 0 Å². The van der Waals surface area contributed by atoms with Crippen molar-refractivity contribution in [2.24, 2.45) is 0 Å². The summed E-state index contributed by atoms with van der Waals surface area (Å²) in [7, 11) is 0. The zero-order valence-electron chi connectivity index (χ0n) is 8.27. The lowest BCUT2D eigenvalue weighted by molar-refractivity contribution is -0.0225. The summed E-state index contributed by atoms with van der Waals surface area (Å²) >= 11 is 11.3. The SMILES string of the molecule is OCCOC(Cl)COCC(Cl)OCCO. The van der Waals surface area contributed by atoms with E-state index in [0.29, 0.717) is 0 Å². The van der Waals surface area contributed by atoms with Crippen LogP contribution in [0.5, 0.6) is 0 Å². The van der Waals surface area contributed by atoms with Gasteiger partial charge in [0.1, 0.15) is 0 Å². The molecular weight excluding hydrogens is 247 g/mol. The first kappa shape index (κ1) is 15.4. The summed E-state index contributed by atoms with van der Waals surface area (Å²) < 4.78 is 14.9. The number of hydrogen-bond donors (Lipinski definition) is 2. The van der Waals surface area contributed by atoms with Crippen LogP contribution in [0.1, 0.15) is 0 Å². The van der Waals surface area contributed by atoms with E-state index in [0.717, 1.165) is 0 Å². The molecule has 0 saturated heterocycles. The molecule has 0 bridgehead atoms. The molecule has 0 fully saturated rings. The van der Waals surface area contributed by atoms with Gasteiger partial charge < -0.3 is 24.4 Å². The summed E-state index contributed by atoms with van der Waals surface area (Å²) in [4.78, 5) is 0. The molecule has 0 aliphatic rings.